The summed E-state index contributed by atoms with van der Waals surface area (Å²) in [4.78, 5) is 11.8. The van der Waals surface area contributed by atoms with Gasteiger partial charge in [0, 0.05) is 44.3 Å². The zero-order chi connectivity index (χ0) is 18.2. The lowest BCUT2D eigenvalue weighted by molar-refractivity contribution is 0.116. The molecule has 1 fully saturated rings. The van der Waals surface area contributed by atoms with Crippen LogP contribution in [0.4, 0.5) is 0 Å². The predicted octanol–water partition coefficient (Wildman–Crippen LogP) is 3.93. The summed E-state index contributed by atoms with van der Waals surface area (Å²) in [5.74, 6) is 1.51. The number of hydrogen-bond donors (Lipinski definition) is 0. The van der Waals surface area contributed by atoms with Gasteiger partial charge in [-0.1, -0.05) is 18.6 Å². The number of likely N-dealkylation sites (tertiary alicyclic amines) is 1. The largest absolute Gasteiger partial charge is 0.496 e. The summed E-state index contributed by atoms with van der Waals surface area (Å²) >= 11 is 0. The van der Waals surface area contributed by atoms with Gasteiger partial charge in [0.05, 0.1) is 12.7 Å². The van der Waals surface area contributed by atoms with E-state index in [1.54, 1.807) is 14.2 Å². The Bertz CT molecular complexity index is 675. The van der Waals surface area contributed by atoms with E-state index in [0.29, 0.717) is 11.9 Å². The minimum absolute atomic E-state index is 0.646. The molecular weight excluding hydrogens is 326 g/mol. The van der Waals surface area contributed by atoms with E-state index in [2.05, 4.69) is 14.9 Å². The number of benzene rings is 1. The molecule has 1 aromatic carbocycles. The summed E-state index contributed by atoms with van der Waals surface area (Å²) in [5, 5.41) is 0. The first-order valence-electron chi connectivity index (χ1n) is 9.49. The van der Waals surface area contributed by atoms with Crippen LogP contribution in [-0.2, 0) is 11.3 Å². The molecular formula is C21H29N3O2. The van der Waals surface area contributed by atoms with Crippen molar-refractivity contribution in [3.63, 3.8) is 0 Å². The number of rotatable bonds is 8. The molecule has 0 amide bonds. The highest BCUT2D eigenvalue weighted by Gasteiger charge is 2.22. The summed E-state index contributed by atoms with van der Waals surface area (Å²) in [5.41, 5.74) is 2.10. The van der Waals surface area contributed by atoms with E-state index in [0.717, 1.165) is 37.4 Å². The van der Waals surface area contributed by atoms with Crippen LogP contribution in [-0.4, -0.2) is 48.3 Å². The average Bonchev–Trinajstić information content (AvgIpc) is 2.70. The molecule has 1 aliphatic rings. The molecule has 1 saturated heterocycles. The monoisotopic (exact) mass is 355 g/mol. The molecule has 5 heteroatoms. The smallest absolute Gasteiger partial charge is 0.162 e. The summed E-state index contributed by atoms with van der Waals surface area (Å²) in [6.07, 6.45) is 10.1. The zero-order valence-corrected chi connectivity index (χ0v) is 15.9. The maximum Gasteiger partial charge on any atom is 0.162 e. The minimum Gasteiger partial charge on any atom is -0.496 e. The maximum atomic E-state index is 5.41. The van der Waals surface area contributed by atoms with Crippen LogP contribution in [0.5, 0.6) is 5.75 Å². The Morgan fingerprint density at radius 2 is 1.92 bits per heavy atom. The molecule has 1 aromatic heterocycles. The molecule has 5 nitrogen and oxygen atoms in total. The van der Waals surface area contributed by atoms with Crippen molar-refractivity contribution in [2.75, 3.05) is 27.4 Å². The SMILES string of the molecule is COCCC[C@@H]1CCCCN1Cc1cnc(-c2ccccc2OC)nc1. The summed E-state index contributed by atoms with van der Waals surface area (Å²) in [6.45, 7) is 2.93. The van der Waals surface area contributed by atoms with Gasteiger partial charge in [0.2, 0.25) is 0 Å². The van der Waals surface area contributed by atoms with Gasteiger partial charge in [-0.25, -0.2) is 9.97 Å². The summed E-state index contributed by atoms with van der Waals surface area (Å²) in [7, 11) is 3.45. The summed E-state index contributed by atoms with van der Waals surface area (Å²) in [6, 6.07) is 8.51. The van der Waals surface area contributed by atoms with Gasteiger partial charge in [0.25, 0.3) is 0 Å². The average molecular weight is 355 g/mol. The molecule has 0 saturated carbocycles. The third kappa shape index (κ3) is 4.80. The van der Waals surface area contributed by atoms with Crippen LogP contribution in [0.1, 0.15) is 37.7 Å². The van der Waals surface area contributed by atoms with E-state index in [4.69, 9.17) is 9.47 Å². The van der Waals surface area contributed by atoms with Gasteiger partial charge in [0.15, 0.2) is 5.82 Å². The fourth-order valence-corrected chi connectivity index (χ4v) is 3.70. The van der Waals surface area contributed by atoms with Crippen LogP contribution in [0.25, 0.3) is 11.4 Å². The van der Waals surface area contributed by atoms with E-state index in [-0.39, 0.29) is 0 Å². The first-order valence-corrected chi connectivity index (χ1v) is 9.49. The van der Waals surface area contributed by atoms with Crippen LogP contribution >= 0.6 is 0 Å². The third-order valence-corrected chi connectivity index (χ3v) is 5.07. The third-order valence-electron chi connectivity index (χ3n) is 5.07. The van der Waals surface area contributed by atoms with Crippen LogP contribution in [0, 0.1) is 0 Å². The van der Waals surface area contributed by atoms with Crippen molar-refractivity contribution in [2.24, 2.45) is 0 Å². The summed E-state index contributed by atoms with van der Waals surface area (Å²) < 4.78 is 10.6. The van der Waals surface area contributed by atoms with Gasteiger partial charge in [-0.15, -0.1) is 0 Å². The standard InChI is InChI=1S/C21H29N3O2/c1-25-13-7-9-18-8-5-6-12-24(18)16-17-14-22-21(23-15-17)19-10-3-4-11-20(19)26-2/h3-4,10-11,14-15,18H,5-9,12-13,16H2,1-2H3/t18-/m0/s1. The molecule has 2 heterocycles. The van der Waals surface area contributed by atoms with Gasteiger partial charge in [0.1, 0.15) is 5.75 Å². The Morgan fingerprint density at radius 3 is 2.69 bits per heavy atom. The van der Waals surface area contributed by atoms with Crippen molar-refractivity contribution < 1.29 is 9.47 Å². The fourth-order valence-electron chi connectivity index (χ4n) is 3.70. The highest BCUT2D eigenvalue weighted by Crippen LogP contribution is 2.27. The lowest BCUT2D eigenvalue weighted by Gasteiger charge is -2.35. The number of piperidine rings is 1. The predicted molar refractivity (Wildman–Crippen MR) is 103 cm³/mol. The van der Waals surface area contributed by atoms with Crippen LogP contribution in [0.2, 0.25) is 0 Å². The van der Waals surface area contributed by atoms with Crippen LogP contribution in [0.15, 0.2) is 36.7 Å². The van der Waals surface area contributed by atoms with E-state index < -0.39 is 0 Å². The molecule has 3 rings (SSSR count). The Labute approximate surface area is 156 Å². The van der Waals surface area contributed by atoms with Crippen molar-refractivity contribution in [1.82, 2.24) is 14.9 Å². The number of ether oxygens (including phenoxy) is 2. The second-order valence-electron chi connectivity index (χ2n) is 6.87. The number of hydrogen-bond acceptors (Lipinski definition) is 5. The van der Waals surface area contributed by atoms with Crippen molar-refractivity contribution in [1.29, 1.82) is 0 Å². The molecule has 0 bridgehead atoms. The van der Waals surface area contributed by atoms with E-state index >= 15 is 0 Å². The molecule has 0 N–H and O–H groups in total. The molecule has 26 heavy (non-hydrogen) atoms. The molecule has 1 atom stereocenters. The molecule has 2 aromatic rings. The van der Waals surface area contributed by atoms with Crippen LogP contribution in [0.3, 0.4) is 0 Å². The Morgan fingerprint density at radius 1 is 1.12 bits per heavy atom. The zero-order valence-electron chi connectivity index (χ0n) is 15.9. The van der Waals surface area contributed by atoms with Crippen molar-refractivity contribution in [3.8, 4) is 17.1 Å². The van der Waals surface area contributed by atoms with Gasteiger partial charge >= 0.3 is 0 Å². The van der Waals surface area contributed by atoms with E-state index in [1.165, 1.54) is 31.2 Å². The first kappa shape index (κ1) is 18.8. The highest BCUT2D eigenvalue weighted by molar-refractivity contribution is 5.63. The normalized spacial score (nSPS) is 18.0. The second-order valence-corrected chi connectivity index (χ2v) is 6.87. The number of para-hydroxylation sites is 1. The second kappa shape index (κ2) is 9.64. The molecule has 140 valence electrons. The quantitative estimate of drug-likeness (QED) is 0.672. The number of nitrogens with zero attached hydrogens (tertiary/aromatic N) is 3. The highest BCUT2D eigenvalue weighted by atomic mass is 16.5. The lowest BCUT2D eigenvalue weighted by atomic mass is 9.97. The topological polar surface area (TPSA) is 47.5 Å². The first-order chi connectivity index (χ1) is 12.8. The fraction of sp³-hybridized carbons (Fsp3) is 0.524. The van der Waals surface area contributed by atoms with Crippen molar-refractivity contribution in [3.05, 3.63) is 42.2 Å². The minimum atomic E-state index is 0.646. The maximum absolute atomic E-state index is 5.41. The van der Waals surface area contributed by atoms with Gasteiger partial charge in [-0.2, -0.15) is 0 Å². The lowest BCUT2D eigenvalue weighted by Crippen LogP contribution is -2.39. The van der Waals surface area contributed by atoms with Crippen molar-refractivity contribution in [2.45, 2.75) is 44.7 Å². The molecule has 1 aliphatic heterocycles. The number of aromatic nitrogens is 2. The Hall–Kier alpha value is -1.98. The number of methoxy groups -OCH3 is 2. The molecule has 0 aliphatic carbocycles. The molecule has 0 spiro atoms. The van der Waals surface area contributed by atoms with Gasteiger partial charge in [-0.05, 0) is 44.4 Å². The van der Waals surface area contributed by atoms with Crippen LogP contribution < -0.4 is 4.74 Å². The van der Waals surface area contributed by atoms with E-state index in [1.807, 2.05) is 36.7 Å². The molecule has 0 unspecified atom stereocenters. The van der Waals surface area contributed by atoms with Gasteiger partial charge in [-0.3, -0.25) is 4.90 Å². The van der Waals surface area contributed by atoms with E-state index in [9.17, 15) is 0 Å². The Balaban J connectivity index is 1.66. The molecule has 0 radical (unpaired) electrons. The Kier molecular flexibility index (Phi) is 6.97. The van der Waals surface area contributed by atoms with Crippen molar-refractivity contribution >= 4 is 0 Å². The van der Waals surface area contributed by atoms with Gasteiger partial charge < -0.3 is 9.47 Å².